The van der Waals surface area contributed by atoms with Gasteiger partial charge in [0.15, 0.2) is 0 Å². The molecule has 0 radical (unpaired) electrons. The molecule has 1 aromatic heterocycles. The predicted molar refractivity (Wildman–Crippen MR) is 122 cm³/mol. The van der Waals surface area contributed by atoms with Crippen molar-refractivity contribution in [1.29, 1.82) is 0 Å². The Labute approximate surface area is 183 Å². The van der Waals surface area contributed by atoms with Crippen molar-refractivity contribution in [3.05, 3.63) is 125 Å². The summed E-state index contributed by atoms with van der Waals surface area (Å²) in [5, 5.41) is 0. The Bertz CT molecular complexity index is 1110. The van der Waals surface area contributed by atoms with Crippen molar-refractivity contribution in [3.63, 3.8) is 0 Å². The van der Waals surface area contributed by atoms with Gasteiger partial charge >= 0.3 is 0 Å². The summed E-state index contributed by atoms with van der Waals surface area (Å²) in [4.78, 5) is 2.42. The van der Waals surface area contributed by atoms with Crippen molar-refractivity contribution >= 4 is 0 Å². The van der Waals surface area contributed by atoms with E-state index in [1.807, 2.05) is 24.3 Å². The lowest BCUT2D eigenvalue weighted by molar-refractivity contribution is 0.241. The molecule has 4 rings (SSSR count). The van der Waals surface area contributed by atoms with Gasteiger partial charge in [0.1, 0.15) is 11.6 Å². The van der Waals surface area contributed by atoms with Crippen LogP contribution in [0.25, 0.3) is 0 Å². The van der Waals surface area contributed by atoms with Crippen LogP contribution in [0.15, 0.2) is 97.2 Å². The van der Waals surface area contributed by atoms with Crippen LogP contribution in [0.4, 0.5) is 4.39 Å². The van der Waals surface area contributed by atoms with Crippen molar-refractivity contribution in [2.75, 3.05) is 7.11 Å². The van der Waals surface area contributed by atoms with Gasteiger partial charge in [0.25, 0.3) is 0 Å². The molecule has 0 aliphatic heterocycles. The van der Waals surface area contributed by atoms with Crippen LogP contribution in [0.3, 0.4) is 0 Å². The molecule has 31 heavy (non-hydrogen) atoms. The van der Waals surface area contributed by atoms with Crippen LogP contribution in [0, 0.1) is 5.82 Å². The fraction of sp³-hybridized carbons (Fsp3) is 0.185. The van der Waals surface area contributed by atoms with E-state index in [0.717, 1.165) is 30.9 Å². The maximum absolute atomic E-state index is 13.6. The quantitative estimate of drug-likeness (QED) is 0.340. The minimum absolute atomic E-state index is 0.199. The molecule has 3 aromatic carbocycles. The number of ether oxygens (including phenoxy) is 1. The van der Waals surface area contributed by atoms with Crippen LogP contribution in [-0.4, -0.2) is 16.6 Å². The molecule has 0 bridgehead atoms. The molecule has 3 nitrogen and oxygen atoms in total. The average Bonchev–Trinajstić information content (AvgIpc) is 3.21. The maximum atomic E-state index is 13.6. The number of benzene rings is 3. The van der Waals surface area contributed by atoms with E-state index in [4.69, 9.17) is 4.74 Å². The van der Waals surface area contributed by atoms with Gasteiger partial charge in [-0.2, -0.15) is 0 Å². The van der Waals surface area contributed by atoms with Gasteiger partial charge in [-0.1, -0.05) is 54.6 Å². The smallest absolute Gasteiger partial charge is 0.123 e. The fourth-order valence-electron chi connectivity index (χ4n) is 3.85. The van der Waals surface area contributed by atoms with Gasteiger partial charge in [-0.15, -0.1) is 0 Å². The first-order valence-corrected chi connectivity index (χ1v) is 10.5. The van der Waals surface area contributed by atoms with Crippen molar-refractivity contribution in [1.82, 2.24) is 9.47 Å². The molecule has 4 heteroatoms. The zero-order valence-electron chi connectivity index (χ0n) is 17.7. The number of halogens is 1. The van der Waals surface area contributed by atoms with Crippen molar-refractivity contribution in [2.45, 2.75) is 26.2 Å². The largest absolute Gasteiger partial charge is 0.497 e. The summed E-state index contributed by atoms with van der Waals surface area (Å²) >= 11 is 0. The molecule has 0 spiro atoms. The average molecular weight is 415 g/mol. The van der Waals surface area contributed by atoms with Crippen LogP contribution < -0.4 is 4.74 Å². The summed E-state index contributed by atoms with van der Waals surface area (Å²) in [6.07, 6.45) is 2.06. The monoisotopic (exact) mass is 414 g/mol. The summed E-state index contributed by atoms with van der Waals surface area (Å²) < 4.78 is 21.2. The molecule has 0 amide bonds. The summed E-state index contributed by atoms with van der Waals surface area (Å²) in [7, 11) is 1.69. The highest BCUT2D eigenvalue weighted by atomic mass is 19.1. The van der Waals surface area contributed by atoms with E-state index in [1.165, 1.54) is 22.9 Å². The SMILES string of the molecule is COc1cccc(CN(Cc2ccccc2)Cc2cccn2Cc2cccc(F)c2)c1. The molecule has 0 N–H and O–H groups in total. The molecular weight excluding hydrogens is 387 g/mol. The van der Waals surface area contributed by atoms with Gasteiger partial charge in [0.05, 0.1) is 7.11 Å². The maximum Gasteiger partial charge on any atom is 0.123 e. The van der Waals surface area contributed by atoms with Crippen molar-refractivity contribution in [2.24, 2.45) is 0 Å². The lowest BCUT2D eigenvalue weighted by atomic mass is 10.1. The first kappa shape index (κ1) is 20.9. The van der Waals surface area contributed by atoms with Gasteiger partial charge < -0.3 is 9.30 Å². The predicted octanol–water partition coefficient (Wildman–Crippen LogP) is 5.89. The Hall–Kier alpha value is -3.37. The molecule has 0 unspecified atom stereocenters. The topological polar surface area (TPSA) is 17.4 Å². The fourth-order valence-corrected chi connectivity index (χ4v) is 3.85. The van der Waals surface area contributed by atoms with E-state index in [-0.39, 0.29) is 5.82 Å². The normalized spacial score (nSPS) is 11.1. The molecule has 0 aliphatic rings. The Kier molecular flexibility index (Phi) is 6.80. The Morgan fingerprint density at radius 1 is 0.742 bits per heavy atom. The molecule has 158 valence electrons. The third-order valence-electron chi connectivity index (χ3n) is 5.34. The lowest BCUT2D eigenvalue weighted by Gasteiger charge is -2.24. The molecule has 0 saturated carbocycles. The first-order valence-electron chi connectivity index (χ1n) is 10.5. The lowest BCUT2D eigenvalue weighted by Crippen LogP contribution is -2.24. The Morgan fingerprint density at radius 3 is 2.29 bits per heavy atom. The van der Waals surface area contributed by atoms with E-state index in [2.05, 4.69) is 64.2 Å². The van der Waals surface area contributed by atoms with Gasteiger partial charge in [-0.05, 0) is 53.1 Å². The van der Waals surface area contributed by atoms with Crippen LogP contribution in [0.1, 0.15) is 22.4 Å². The number of hydrogen-bond acceptors (Lipinski definition) is 2. The molecule has 1 heterocycles. The van der Waals surface area contributed by atoms with Crippen molar-refractivity contribution < 1.29 is 9.13 Å². The number of hydrogen-bond donors (Lipinski definition) is 0. The van der Waals surface area contributed by atoms with Crippen LogP contribution in [0.5, 0.6) is 5.75 Å². The molecular formula is C27H27FN2O. The highest BCUT2D eigenvalue weighted by Gasteiger charge is 2.12. The second kappa shape index (κ2) is 10.1. The molecule has 0 aliphatic carbocycles. The second-order valence-corrected chi connectivity index (χ2v) is 7.74. The zero-order valence-corrected chi connectivity index (χ0v) is 17.7. The minimum atomic E-state index is -0.199. The van der Waals surface area contributed by atoms with Crippen LogP contribution in [0.2, 0.25) is 0 Å². The molecule has 0 atom stereocenters. The minimum Gasteiger partial charge on any atom is -0.497 e. The van der Waals surface area contributed by atoms with Crippen LogP contribution >= 0.6 is 0 Å². The standard InChI is InChI=1S/C27H27FN2O/c1-31-27-14-6-11-24(17-27)19-29(18-22-8-3-2-4-9-22)21-26-13-7-15-30(26)20-23-10-5-12-25(28)16-23/h2-17H,18-21H2,1H3. The third-order valence-corrected chi connectivity index (χ3v) is 5.34. The summed E-state index contributed by atoms with van der Waals surface area (Å²) in [5.41, 5.74) is 4.63. The summed E-state index contributed by atoms with van der Waals surface area (Å²) in [6, 6.07) is 29.7. The highest BCUT2D eigenvalue weighted by Crippen LogP contribution is 2.19. The van der Waals surface area contributed by atoms with Gasteiger partial charge in [-0.25, -0.2) is 4.39 Å². The van der Waals surface area contributed by atoms with Gasteiger partial charge in [0, 0.05) is 38.1 Å². The second-order valence-electron chi connectivity index (χ2n) is 7.74. The molecule has 0 saturated heterocycles. The van der Waals surface area contributed by atoms with E-state index in [1.54, 1.807) is 19.2 Å². The van der Waals surface area contributed by atoms with Gasteiger partial charge in [-0.3, -0.25) is 4.90 Å². The number of aromatic nitrogens is 1. The van der Waals surface area contributed by atoms with E-state index < -0.39 is 0 Å². The Morgan fingerprint density at radius 2 is 1.48 bits per heavy atom. The highest BCUT2D eigenvalue weighted by molar-refractivity contribution is 5.28. The van der Waals surface area contributed by atoms with Crippen molar-refractivity contribution in [3.8, 4) is 5.75 Å². The first-order chi connectivity index (χ1) is 15.2. The van der Waals surface area contributed by atoms with Crippen LogP contribution in [-0.2, 0) is 26.2 Å². The molecule has 0 fully saturated rings. The van der Waals surface area contributed by atoms with Gasteiger partial charge in [0.2, 0.25) is 0 Å². The number of nitrogens with zero attached hydrogens (tertiary/aromatic N) is 2. The van der Waals surface area contributed by atoms with E-state index in [0.29, 0.717) is 6.54 Å². The third kappa shape index (κ3) is 5.83. The summed E-state index contributed by atoms with van der Waals surface area (Å²) in [5.74, 6) is 0.668. The van der Waals surface area contributed by atoms with E-state index in [9.17, 15) is 4.39 Å². The summed E-state index contributed by atoms with van der Waals surface area (Å²) in [6.45, 7) is 3.08. The van der Waals surface area contributed by atoms with E-state index >= 15 is 0 Å². The number of rotatable bonds is 9. The number of methoxy groups -OCH3 is 1. The Balaban J connectivity index is 1.55. The zero-order chi connectivity index (χ0) is 21.5. The molecule has 4 aromatic rings.